The summed E-state index contributed by atoms with van der Waals surface area (Å²) in [6.07, 6.45) is 0. The SMILES string of the molecule is CCN1C(=O)NCc2ccc(C(C)C)nc21. The van der Waals surface area contributed by atoms with Crippen LogP contribution in [0.2, 0.25) is 0 Å². The van der Waals surface area contributed by atoms with Crippen LogP contribution in [0.4, 0.5) is 10.6 Å². The summed E-state index contributed by atoms with van der Waals surface area (Å²) in [5.41, 5.74) is 2.12. The van der Waals surface area contributed by atoms with Crippen LogP contribution in [0.25, 0.3) is 0 Å². The van der Waals surface area contributed by atoms with Crippen molar-refractivity contribution in [2.24, 2.45) is 0 Å². The van der Waals surface area contributed by atoms with E-state index in [2.05, 4.69) is 30.2 Å². The van der Waals surface area contributed by atoms with Crippen LogP contribution in [-0.4, -0.2) is 17.6 Å². The van der Waals surface area contributed by atoms with Crippen LogP contribution >= 0.6 is 0 Å². The maximum atomic E-state index is 11.6. The highest BCUT2D eigenvalue weighted by molar-refractivity contribution is 5.93. The third-order valence-electron chi connectivity index (χ3n) is 2.82. The van der Waals surface area contributed by atoms with Crippen LogP contribution < -0.4 is 10.2 Å². The number of hydrogen-bond donors (Lipinski definition) is 1. The smallest absolute Gasteiger partial charge is 0.323 e. The van der Waals surface area contributed by atoms with E-state index < -0.39 is 0 Å². The number of amides is 2. The van der Waals surface area contributed by atoms with Gasteiger partial charge in [0.25, 0.3) is 0 Å². The molecule has 86 valence electrons. The van der Waals surface area contributed by atoms with E-state index in [1.807, 2.05) is 13.0 Å². The minimum absolute atomic E-state index is 0.0524. The van der Waals surface area contributed by atoms with Gasteiger partial charge in [-0.1, -0.05) is 19.9 Å². The molecule has 1 aliphatic heterocycles. The number of carbonyl (C=O) groups excluding carboxylic acids is 1. The number of carbonyl (C=O) groups is 1. The molecule has 4 heteroatoms. The predicted octanol–water partition coefficient (Wildman–Crippen LogP) is 2.25. The number of fused-ring (bicyclic) bond motifs is 1. The highest BCUT2D eigenvalue weighted by Gasteiger charge is 2.24. The van der Waals surface area contributed by atoms with Gasteiger partial charge in [-0.3, -0.25) is 4.90 Å². The number of hydrogen-bond acceptors (Lipinski definition) is 2. The fourth-order valence-electron chi connectivity index (χ4n) is 1.84. The van der Waals surface area contributed by atoms with Crippen molar-refractivity contribution in [1.82, 2.24) is 10.3 Å². The van der Waals surface area contributed by atoms with Crippen molar-refractivity contribution >= 4 is 11.8 Å². The Morgan fingerprint density at radius 3 is 2.88 bits per heavy atom. The van der Waals surface area contributed by atoms with E-state index in [0.29, 0.717) is 19.0 Å². The van der Waals surface area contributed by atoms with Gasteiger partial charge in [0, 0.05) is 24.3 Å². The molecule has 2 rings (SSSR count). The third kappa shape index (κ3) is 1.75. The molecule has 0 spiro atoms. The molecule has 2 heterocycles. The zero-order valence-corrected chi connectivity index (χ0v) is 9.95. The number of nitrogens with one attached hydrogen (secondary N) is 1. The lowest BCUT2D eigenvalue weighted by molar-refractivity contribution is 0.244. The number of rotatable bonds is 2. The van der Waals surface area contributed by atoms with Crippen molar-refractivity contribution in [3.63, 3.8) is 0 Å². The van der Waals surface area contributed by atoms with Crippen LogP contribution in [0.15, 0.2) is 12.1 Å². The molecule has 0 aliphatic carbocycles. The molecule has 1 aliphatic rings. The van der Waals surface area contributed by atoms with E-state index in [0.717, 1.165) is 17.1 Å². The summed E-state index contributed by atoms with van der Waals surface area (Å²) in [7, 11) is 0. The molecule has 0 bridgehead atoms. The van der Waals surface area contributed by atoms with Crippen LogP contribution in [0.3, 0.4) is 0 Å². The molecular formula is C12H17N3O. The molecule has 0 saturated carbocycles. The first kappa shape index (κ1) is 10.9. The van der Waals surface area contributed by atoms with E-state index >= 15 is 0 Å². The molecule has 2 amide bonds. The van der Waals surface area contributed by atoms with Crippen molar-refractivity contribution in [2.75, 3.05) is 11.4 Å². The number of anilines is 1. The van der Waals surface area contributed by atoms with Crippen LogP contribution in [0.5, 0.6) is 0 Å². The molecule has 0 fully saturated rings. The second kappa shape index (κ2) is 4.12. The van der Waals surface area contributed by atoms with Gasteiger partial charge in [0.15, 0.2) is 0 Å². The van der Waals surface area contributed by atoms with Gasteiger partial charge in [-0.15, -0.1) is 0 Å². The van der Waals surface area contributed by atoms with Crippen LogP contribution in [0, 0.1) is 0 Å². The van der Waals surface area contributed by atoms with Crippen molar-refractivity contribution in [2.45, 2.75) is 33.2 Å². The second-order valence-electron chi connectivity index (χ2n) is 4.28. The molecule has 1 N–H and O–H groups in total. The molecular weight excluding hydrogens is 202 g/mol. The average Bonchev–Trinajstić information content (AvgIpc) is 2.28. The zero-order chi connectivity index (χ0) is 11.7. The monoisotopic (exact) mass is 219 g/mol. The Kier molecular flexibility index (Phi) is 2.81. The number of urea groups is 1. The van der Waals surface area contributed by atoms with Crippen LogP contribution in [0.1, 0.15) is 37.9 Å². The second-order valence-corrected chi connectivity index (χ2v) is 4.28. The molecule has 0 aromatic carbocycles. The molecule has 0 unspecified atom stereocenters. The Bertz CT molecular complexity index is 415. The zero-order valence-electron chi connectivity index (χ0n) is 9.95. The lowest BCUT2D eigenvalue weighted by Gasteiger charge is -2.28. The first-order valence-corrected chi connectivity index (χ1v) is 5.68. The Labute approximate surface area is 95.7 Å². The molecule has 16 heavy (non-hydrogen) atoms. The third-order valence-corrected chi connectivity index (χ3v) is 2.82. The van der Waals surface area contributed by atoms with Gasteiger partial charge in [0.1, 0.15) is 5.82 Å². The summed E-state index contributed by atoms with van der Waals surface area (Å²) < 4.78 is 0. The average molecular weight is 219 g/mol. The van der Waals surface area contributed by atoms with E-state index in [1.165, 1.54) is 0 Å². The quantitative estimate of drug-likeness (QED) is 0.829. The van der Waals surface area contributed by atoms with Gasteiger partial charge < -0.3 is 5.32 Å². The highest BCUT2D eigenvalue weighted by Crippen LogP contribution is 2.24. The fraction of sp³-hybridized carbons (Fsp3) is 0.500. The van der Waals surface area contributed by atoms with E-state index in [9.17, 15) is 4.79 Å². The van der Waals surface area contributed by atoms with Crippen LogP contribution in [-0.2, 0) is 6.54 Å². The summed E-state index contributed by atoms with van der Waals surface area (Å²) in [4.78, 5) is 17.9. The number of aromatic nitrogens is 1. The Balaban J connectivity index is 2.45. The lowest BCUT2D eigenvalue weighted by atomic mass is 10.1. The highest BCUT2D eigenvalue weighted by atomic mass is 16.2. The van der Waals surface area contributed by atoms with Crippen molar-refractivity contribution < 1.29 is 4.79 Å². The Morgan fingerprint density at radius 2 is 2.25 bits per heavy atom. The largest absolute Gasteiger partial charge is 0.333 e. The summed E-state index contributed by atoms with van der Waals surface area (Å²) >= 11 is 0. The van der Waals surface area contributed by atoms with E-state index in [4.69, 9.17) is 0 Å². The topological polar surface area (TPSA) is 45.2 Å². The van der Waals surface area contributed by atoms with Gasteiger partial charge in [-0.05, 0) is 18.9 Å². The maximum Gasteiger partial charge on any atom is 0.323 e. The maximum absolute atomic E-state index is 11.6. The molecule has 0 saturated heterocycles. The number of nitrogens with zero attached hydrogens (tertiary/aromatic N) is 2. The van der Waals surface area contributed by atoms with Gasteiger partial charge in [0.2, 0.25) is 0 Å². The summed E-state index contributed by atoms with van der Waals surface area (Å²) in [6, 6.07) is 4.04. The molecule has 0 atom stereocenters. The van der Waals surface area contributed by atoms with Crippen molar-refractivity contribution in [3.05, 3.63) is 23.4 Å². The standard InChI is InChI=1S/C12H17N3O/c1-4-15-11-9(7-13-12(15)16)5-6-10(14-11)8(2)3/h5-6,8H,4,7H2,1-3H3,(H,13,16). The van der Waals surface area contributed by atoms with E-state index in [-0.39, 0.29) is 6.03 Å². The van der Waals surface area contributed by atoms with E-state index in [1.54, 1.807) is 4.90 Å². The van der Waals surface area contributed by atoms with Gasteiger partial charge >= 0.3 is 6.03 Å². The molecule has 1 aromatic rings. The van der Waals surface area contributed by atoms with Crippen molar-refractivity contribution in [1.29, 1.82) is 0 Å². The summed E-state index contributed by atoms with van der Waals surface area (Å²) in [5.74, 6) is 1.20. The first-order valence-electron chi connectivity index (χ1n) is 5.68. The minimum atomic E-state index is -0.0524. The lowest BCUT2D eigenvalue weighted by Crippen LogP contribution is -2.44. The predicted molar refractivity (Wildman–Crippen MR) is 63.6 cm³/mol. The normalized spacial score (nSPS) is 15.0. The Hall–Kier alpha value is -1.58. The molecule has 4 nitrogen and oxygen atoms in total. The first-order chi connectivity index (χ1) is 7.63. The fourth-order valence-corrected chi connectivity index (χ4v) is 1.84. The molecule has 0 radical (unpaired) electrons. The number of pyridine rings is 1. The molecule has 1 aromatic heterocycles. The van der Waals surface area contributed by atoms with Crippen molar-refractivity contribution in [3.8, 4) is 0 Å². The van der Waals surface area contributed by atoms with Gasteiger partial charge in [-0.25, -0.2) is 9.78 Å². The minimum Gasteiger partial charge on any atom is -0.333 e. The Morgan fingerprint density at radius 1 is 1.50 bits per heavy atom. The summed E-state index contributed by atoms with van der Waals surface area (Å²) in [5, 5.41) is 2.83. The van der Waals surface area contributed by atoms with Gasteiger partial charge in [0.05, 0.1) is 0 Å². The van der Waals surface area contributed by atoms with Gasteiger partial charge in [-0.2, -0.15) is 0 Å². The summed E-state index contributed by atoms with van der Waals surface area (Å²) in [6.45, 7) is 7.39.